The molecule has 0 N–H and O–H groups in total. The molecule has 2 heterocycles. The van der Waals surface area contributed by atoms with E-state index in [4.69, 9.17) is 21.3 Å². The van der Waals surface area contributed by atoms with E-state index in [0.717, 1.165) is 53.4 Å². The molecule has 1 amide bonds. The Morgan fingerprint density at radius 3 is 2.38 bits per heavy atom. The predicted octanol–water partition coefficient (Wildman–Crippen LogP) is 5.98. The Hall–Kier alpha value is -2.85. The molecule has 4 rings (SSSR count). The Bertz CT molecular complexity index is 1060. The molecule has 1 aliphatic heterocycles. The summed E-state index contributed by atoms with van der Waals surface area (Å²) in [6.07, 6.45) is 4.67. The third kappa shape index (κ3) is 4.66. The van der Waals surface area contributed by atoms with E-state index in [1.54, 1.807) is 7.11 Å². The van der Waals surface area contributed by atoms with Crippen molar-refractivity contribution in [3.05, 3.63) is 94.3 Å². The third-order valence-electron chi connectivity index (χ3n) is 6.37. The van der Waals surface area contributed by atoms with Crippen LogP contribution in [0.25, 0.3) is 0 Å². The quantitative estimate of drug-likeness (QED) is 0.466. The first-order valence-corrected chi connectivity index (χ1v) is 11.4. The highest BCUT2D eigenvalue weighted by Crippen LogP contribution is 2.36. The molecule has 2 aromatic carbocycles. The van der Waals surface area contributed by atoms with Crippen molar-refractivity contribution in [3.8, 4) is 5.75 Å². The molecule has 0 saturated carbocycles. The van der Waals surface area contributed by atoms with Gasteiger partial charge in [0.05, 0.1) is 24.3 Å². The van der Waals surface area contributed by atoms with Crippen LogP contribution in [-0.4, -0.2) is 29.4 Å². The fraction of sp³-hybridized carbons (Fsp3) is 0.333. The van der Waals surface area contributed by atoms with Crippen LogP contribution in [0.15, 0.2) is 66.9 Å². The number of hydrogen-bond donors (Lipinski definition) is 0. The molecular weight excluding hydrogens is 420 g/mol. The highest BCUT2D eigenvalue weighted by Gasteiger charge is 2.39. The molecule has 0 unspecified atom stereocenters. The highest BCUT2D eigenvalue weighted by molar-refractivity contribution is 6.30. The number of methoxy groups -OCH3 is 1. The van der Waals surface area contributed by atoms with Crippen LogP contribution in [0.5, 0.6) is 5.75 Å². The van der Waals surface area contributed by atoms with E-state index >= 15 is 0 Å². The molecule has 1 aromatic heterocycles. The van der Waals surface area contributed by atoms with E-state index in [1.807, 2.05) is 73.5 Å². The van der Waals surface area contributed by atoms with Gasteiger partial charge in [-0.2, -0.15) is 0 Å². The first kappa shape index (κ1) is 22.3. The van der Waals surface area contributed by atoms with Crippen LogP contribution in [0.4, 0.5) is 0 Å². The van der Waals surface area contributed by atoms with Gasteiger partial charge in [0.2, 0.25) is 5.91 Å². The van der Waals surface area contributed by atoms with Gasteiger partial charge < -0.3 is 9.64 Å². The summed E-state index contributed by atoms with van der Waals surface area (Å²) in [4.78, 5) is 20.4. The zero-order chi connectivity index (χ0) is 22.7. The maximum atomic E-state index is 13.6. The first-order chi connectivity index (χ1) is 15.4. The van der Waals surface area contributed by atoms with Crippen LogP contribution in [0.1, 0.15) is 55.1 Å². The number of benzene rings is 2. The van der Waals surface area contributed by atoms with Crippen LogP contribution in [-0.2, 0) is 16.6 Å². The number of pyridine rings is 1. The molecule has 4 nitrogen and oxygen atoms in total. The van der Waals surface area contributed by atoms with Gasteiger partial charge in [-0.05, 0) is 80.1 Å². The smallest absolute Gasteiger partial charge is 0.233 e. The Balaban J connectivity index is 1.49. The maximum absolute atomic E-state index is 13.6. The number of ether oxygens (including phenoxy) is 1. The topological polar surface area (TPSA) is 42.4 Å². The van der Waals surface area contributed by atoms with E-state index in [9.17, 15) is 4.79 Å². The van der Waals surface area contributed by atoms with Crippen molar-refractivity contribution in [2.24, 2.45) is 0 Å². The molecule has 1 saturated heterocycles. The summed E-state index contributed by atoms with van der Waals surface area (Å²) >= 11 is 5.98. The van der Waals surface area contributed by atoms with Gasteiger partial charge >= 0.3 is 0 Å². The van der Waals surface area contributed by atoms with Crippen LogP contribution in [0.2, 0.25) is 5.02 Å². The predicted molar refractivity (Wildman–Crippen MR) is 128 cm³/mol. The number of rotatable bonds is 6. The summed E-state index contributed by atoms with van der Waals surface area (Å²) in [5.74, 6) is 0.927. The van der Waals surface area contributed by atoms with Crippen molar-refractivity contribution in [1.82, 2.24) is 9.88 Å². The Morgan fingerprint density at radius 1 is 1.06 bits per heavy atom. The standard InChI is InChI=1S/C27H29ClN2O2/c1-27(2,21-9-13-23(32-3)14-10-21)26(31)30-16-4-5-25(30)24-15-8-20(18-29-24)17-19-6-11-22(28)12-7-19/h6-15,18,25H,4-5,16-17H2,1-3H3/t25-/m1/s1. The molecule has 166 valence electrons. The van der Waals surface area contributed by atoms with Gasteiger partial charge in [0.15, 0.2) is 0 Å². The first-order valence-electron chi connectivity index (χ1n) is 11.0. The lowest BCUT2D eigenvalue weighted by Crippen LogP contribution is -2.43. The second kappa shape index (κ2) is 9.33. The van der Waals surface area contributed by atoms with Crippen molar-refractivity contribution in [2.75, 3.05) is 13.7 Å². The minimum atomic E-state index is -0.622. The largest absolute Gasteiger partial charge is 0.497 e. The molecule has 1 fully saturated rings. The molecule has 5 heteroatoms. The second-order valence-electron chi connectivity index (χ2n) is 8.90. The normalized spacial score (nSPS) is 16.2. The highest BCUT2D eigenvalue weighted by atomic mass is 35.5. The summed E-state index contributed by atoms with van der Waals surface area (Å²) in [6, 6.07) is 19.9. The van der Waals surface area contributed by atoms with Gasteiger partial charge in [0.1, 0.15) is 5.75 Å². The van der Waals surface area contributed by atoms with Crippen molar-refractivity contribution in [2.45, 2.75) is 44.6 Å². The Labute approximate surface area is 195 Å². The van der Waals surface area contributed by atoms with Crippen LogP contribution >= 0.6 is 11.6 Å². The zero-order valence-electron chi connectivity index (χ0n) is 18.8. The number of carbonyl (C=O) groups excluding carboxylic acids is 1. The van der Waals surface area contributed by atoms with Gasteiger partial charge in [-0.1, -0.05) is 41.9 Å². The lowest BCUT2D eigenvalue weighted by Gasteiger charge is -2.33. The second-order valence-corrected chi connectivity index (χ2v) is 9.34. The lowest BCUT2D eigenvalue weighted by molar-refractivity contribution is -0.137. The summed E-state index contributed by atoms with van der Waals surface area (Å²) in [7, 11) is 1.65. The maximum Gasteiger partial charge on any atom is 0.233 e. The van der Waals surface area contributed by atoms with Crippen LogP contribution in [0, 0.1) is 0 Å². The summed E-state index contributed by atoms with van der Waals surface area (Å²) in [5, 5.41) is 0.741. The number of hydrogen-bond acceptors (Lipinski definition) is 3. The van der Waals surface area contributed by atoms with Crippen LogP contribution in [0.3, 0.4) is 0 Å². The third-order valence-corrected chi connectivity index (χ3v) is 6.62. The summed E-state index contributed by atoms with van der Waals surface area (Å²) in [5.41, 5.74) is 3.67. The van der Waals surface area contributed by atoms with Crippen molar-refractivity contribution in [3.63, 3.8) is 0 Å². The van der Waals surface area contributed by atoms with Gasteiger partial charge in [-0.15, -0.1) is 0 Å². The van der Waals surface area contributed by atoms with E-state index in [2.05, 4.69) is 12.1 Å². The minimum Gasteiger partial charge on any atom is -0.497 e. The zero-order valence-corrected chi connectivity index (χ0v) is 19.6. The lowest BCUT2D eigenvalue weighted by atomic mass is 9.83. The van der Waals surface area contributed by atoms with E-state index in [-0.39, 0.29) is 11.9 Å². The SMILES string of the molecule is COc1ccc(C(C)(C)C(=O)N2CCC[C@@H]2c2ccc(Cc3ccc(Cl)cc3)cn2)cc1. The molecule has 1 aliphatic rings. The van der Waals surface area contributed by atoms with Crippen molar-refractivity contribution < 1.29 is 9.53 Å². The summed E-state index contributed by atoms with van der Waals surface area (Å²) in [6.45, 7) is 4.75. The molecular formula is C27H29ClN2O2. The number of likely N-dealkylation sites (tertiary alicyclic amines) is 1. The fourth-order valence-corrected chi connectivity index (χ4v) is 4.51. The van der Waals surface area contributed by atoms with E-state index in [0.29, 0.717) is 0 Å². The molecule has 0 radical (unpaired) electrons. The average Bonchev–Trinajstić information content (AvgIpc) is 3.30. The Morgan fingerprint density at radius 2 is 1.75 bits per heavy atom. The molecule has 0 bridgehead atoms. The number of halogens is 1. The van der Waals surface area contributed by atoms with E-state index < -0.39 is 5.41 Å². The van der Waals surface area contributed by atoms with Gasteiger partial charge in [0.25, 0.3) is 0 Å². The minimum absolute atomic E-state index is 0.0182. The van der Waals surface area contributed by atoms with Crippen molar-refractivity contribution >= 4 is 17.5 Å². The number of nitrogens with zero attached hydrogens (tertiary/aromatic N) is 2. The monoisotopic (exact) mass is 448 g/mol. The van der Waals surface area contributed by atoms with Gasteiger partial charge in [0, 0.05) is 17.8 Å². The number of amides is 1. The molecule has 0 spiro atoms. The van der Waals surface area contributed by atoms with Gasteiger partial charge in [-0.25, -0.2) is 0 Å². The fourth-order valence-electron chi connectivity index (χ4n) is 4.38. The Kier molecular flexibility index (Phi) is 6.52. The van der Waals surface area contributed by atoms with Crippen LogP contribution < -0.4 is 4.74 Å². The average molecular weight is 449 g/mol. The molecule has 0 aliphatic carbocycles. The summed E-state index contributed by atoms with van der Waals surface area (Å²) < 4.78 is 5.26. The van der Waals surface area contributed by atoms with E-state index in [1.165, 1.54) is 5.56 Å². The molecule has 3 aromatic rings. The number of aromatic nitrogens is 1. The molecule has 32 heavy (non-hydrogen) atoms. The molecule has 1 atom stereocenters. The number of carbonyl (C=O) groups is 1. The van der Waals surface area contributed by atoms with Gasteiger partial charge in [-0.3, -0.25) is 9.78 Å². The van der Waals surface area contributed by atoms with Crippen molar-refractivity contribution in [1.29, 1.82) is 0 Å².